The zero-order valence-electron chi connectivity index (χ0n) is 7.69. The summed E-state index contributed by atoms with van der Waals surface area (Å²) in [7, 11) is 3.05. The third kappa shape index (κ3) is 22.4. The smallest absolute Gasteiger partial charge is 0.397 e. The standard InChI is InChI=1S/C3H10O3Si.C2H6O.F.Ru/c1-4-7(5-2)6-3;1-2-3;;/h7H,1-3H3;3H,2H2,1H3;;. The van der Waals surface area contributed by atoms with Gasteiger partial charge in [-0.05, 0) is 6.92 Å². The summed E-state index contributed by atoms with van der Waals surface area (Å²) in [6.07, 6.45) is 0. The van der Waals surface area contributed by atoms with E-state index in [0.717, 1.165) is 0 Å². The van der Waals surface area contributed by atoms with Gasteiger partial charge in [-0.25, -0.2) is 0 Å². The SMILES string of the molecule is CCO.CO[SiH](OC)OC.[F].[Ru]. The fraction of sp³-hybridized carbons (Fsp3) is 1.00. The molecule has 4 nitrogen and oxygen atoms in total. The van der Waals surface area contributed by atoms with Crippen molar-refractivity contribution in [3.63, 3.8) is 0 Å². The Labute approximate surface area is 87.3 Å². The molecule has 0 rings (SSSR count). The molecule has 0 unspecified atom stereocenters. The van der Waals surface area contributed by atoms with Crippen LogP contribution in [0.25, 0.3) is 0 Å². The van der Waals surface area contributed by atoms with Crippen molar-refractivity contribution < 1.29 is 42.6 Å². The second-order valence-electron chi connectivity index (χ2n) is 1.31. The molecular formula is C5H16FO4RuSi. The molecule has 0 spiro atoms. The van der Waals surface area contributed by atoms with Crippen LogP contribution >= 0.6 is 0 Å². The Morgan fingerprint density at radius 1 is 1.08 bits per heavy atom. The molecular weight excluding hydrogens is 272 g/mol. The zero-order valence-corrected chi connectivity index (χ0v) is 10.6. The van der Waals surface area contributed by atoms with Crippen molar-refractivity contribution in [2.24, 2.45) is 0 Å². The maximum absolute atomic E-state index is 7.57. The summed E-state index contributed by atoms with van der Waals surface area (Å²) in [6, 6.07) is 0. The Morgan fingerprint density at radius 2 is 1.25 bits per heavy atom. The molecule has 0 aromatic carbocycles. The molecule has 0 saturated heterocycles. The fourth-order valence-electron chi connectivity index (χ4n) is 0.289. The van der Waals surface area contributed by atoms with Crippen LogP contribution < -0.4 is 0 Å². The largest absolute Gasteiger partial charge is 0.483 e. The van der Waals surface area contributed by atoms with E-state index in [0.29, 0.717) is 0 Å². The van der Waals surface area contributed by atoms with Crippen molar-refractivity contribution in [3.05, 3.63) is 0 Å². The van der Waals surface area contributed by atoms with Gasteiger partial charge in [0.25, 0.3) is 0 Å². The summed E-state index contributed by atoms with van der Waals surface area (Å²) in [5.74, 6) is 0. The van der Waals surface area contributed by atoms with Crippen molar-refractivity contribution in [3.8, 4) is 0 Å². The molecule has 0 atom stereocenters. The first-order valence-electron chi connectivity index (χ1n) is 2.96. The number of rotatable bonds is 3. The minimum atomic E-state index is -1.67. The number of hydrogen-bond donors (Lipinski definition) is 1. The molecule has 0 aliphatic carbocycles. The molecule has 0 amide bonds. The van der Waals surface area contributed by atoms with Crippen molar-refractivity contribution in [2.75, 3.05) is 27.9 Å². The van der Waals surface area contributed by atoms with Gasteiger partial charge < -0.3 is 18.4 Å². The van der Waals surface area contributed by atoms with E-state index in [9.17, 15) is 0 Å². The number of halogens is 1. The third-order valence-corrected chi connectivity index (χ3v) is 1.73. The number of hydrogen-bond acceptors (Lipinski definition) is 4. The zero-order chi connectivity index (χ0) is 8.41. The van der Waals surface area contributed by atoms with E-state index in [4.69, 9.17) is 18.4 Å². The van der Waals surface area contributed by atoms with E-state index in [-0.39, 0.29) is 30.8 Å². The van der Waals surface area contributed by atoms with Gasteiger partial charge in [0.15, 0.2) is 0 Å². The predicted octanol–water partition coefficient (Wildman–Crippen LogP) is 0.0591. The van der Waals surface area contributed by atoms with Crippen molar-refractivity contribution in [1.29, 1.82) is 0 Å². The third-order valence-electron chi connectivity index (χ3n) is 0.577. The van der Waals surface area contributed by atoms with Crippen molar-refractivity contribution >= 4 is 9.53 Å². The van der Waals surface area contributed by atoms with Gasteiger partial charge in [-0.3, -0.25) is 0 Å². The molecule has 0 saturated carbocycles. The summed E-state index contributed by atoms with van der Waals surface area (Å²) in [6.45, 7) is 1.93. The van der Waals surface area contributed by atoms with Crippen LogP contribution in [0.15, 0.2) is 0 Å². The van der Waals surface area contributed by atoms with Gasteiger partial charge in [-0.15, -0.1) is 0 Å². The molecule has 1 N–H and O–H groups in total. The normalized spacial score (nSPS) is 7.50. The first-order chi connectivity index (χ1) is 4.76. The molecule has 0 aromatic rings. The second-order valence-corrected chi connectivity index (χ2v) is 3.30. The van der Waals surface area contributed by atoms with Gasteiger partial charge in [0, 0.05) is 52.1 Å². The molecule has 0 aromatic heterocycles. The van der Waals surface area contributed by atoms with Gasteiger partial charge in [0.2, 0.25) is 0 Å². The van der Waals surface area contributed by atoms with Crippen LogP contribution in [-0.2, 0) is 32.8 Å². The van der Waals surface area contributed by atoms with E-state index in [2.05, 4.69) is 0 Å². The Kier molecular flexibility index (Phi) is 43.1. The maximum atomic E-state index is 7.57. The summed E-state index contributed by atoms with van der Waals surface area (Å²) < 4.78 is 14.2. The topological polar surface area (TPSA) is 47.9 Å². The van der Waals surface area contributed by atoms with E-state index in [1.807, 2.05) is 0 Å². The first-order valence-corrected chi connectivity index (χ1v) is 4.37. The van der Waals surface area contributed by atoms with Crippen LogP contribution in [0.3, 0.4) is 0 Å². The monoisotopic (exact) mass is 289 g/mol. The van der Waals surface area contributed by atoms with Crippen LogP contribution in [0.2, 0.25) is 0 Å². The van der Waals surface area contributed by atoms with Crippen LogP contribution in [0, 0.1) is 0 Å². The van der Waals surface area contributed by atoms with E-state index < -0.39 is 9.53 Å². The second kappa shape index (κ2) is 22.6. The van der Waals surface area contributed by atoms with Gasteiger partial charge in [0.1, 0.15) is 0 Å². The van der Waals surface area contributed by atoms with E-state index >= 15 is 0 Å². The predicted molar refractivity (Wildman–Crippen MR) is 42.0 cm³/mol. The van der Waals surface area contributed by atoms with Gasteiger partial charge in [-0.2, -0.15) is 0 Å². The molecule has 1 radical (unpaired) electrons. The number of aliphatic hydroxyl groups excluding tert-OH is 1. The van der Waals surface area contributed by atoms with Gasteiger partial charge >= 0.3 is 9.53 Å². The van der Waals surface area contributed by atoms with Crippen LogP contribution in [0.5, 0.6) is 0 Å². The summed E-state index contributed by atoms with van der Waals surface area (Å²) in [5.41, 5.74) is 0. The summed E-state index contributed by atoms with van der Waals surface area (Å²) in [4.78, 5) is 0. The molecule has 0 aliphatic rings. The first kappa shape index (κ1) is 22.9. The molecule has 0 heterocycles. The van der Waals surface area contributed by atoms with Crippen LogP contribution in [-0.4, -0.2) is 42.6 Å². The molecule has 0 fully saturated rings. The van der Waals surface area contributed by atoms with Crippen LogP contribution in [0.4, 0.5) is 4.70 Å². The molecule has 7 heteroatoms. The van der Waals surface area contributed by atoms with Gasteiger partial charge in [-0.1, -0.05) is 0 Å². The number of aliphatic hydroxyl groups is 1. The minimum absolute atomic E-state index is 0. The Bertz CT molecular complexity index is 53.2. The van der Waals surface area contributed by atoms with E-state index in [1.165, 1.54) is 0 Å². The Balaban J connectivity index is -0.0000000569. The van der Waals surface area contributed by atoms with Gasteiger partial charge in [0.05, 0.1) is 0 Å². The van der Waals surface area contributed by atoms with Crippen molar-refractivity contribution in [1.82, 2.24) is 0 Å². The average molecular weight is 288 g/mol. The fourth-order valence-corrected chi connectivity index (χ4v) is 0.866. The summed E-state index contributed by atoms with van der Waals surface area (Å²) >= 11 is 0. The molecule has 79 valence electrons. The molecule has 0 bridgehead atoms. The average Bonchev–Trinajstić information content (AvgIpc) is 1.93. The van der Waals surface area contributed by atoms with E-state index in [1.54, 1.807) is 28.3 Å². The minimum Gasteiger partial charge on any atom is -0.397 e. The molecule has 0 aliphatic heterocycles. The summed E-state index contributed by atoms with van der Waals surface area (Å²) in [5, 5.41) is 7.57. The van der Waals surface area contributed by atoms with Crippen molar-refractivity contribution in [2.45, 2.75) is 6.92 Å². The molecule has 12 heavy (non-hydrogen) atoms. The quantitative estimate of drug-likeness (QED) is 0.746. The van der Waals surface area contributed by atoms with Crippen LogP contribution in [0.1, 0.15) is 6.92 Å². The Morgan fingerprint density at radius 3 is 1.25 bits per heavy atom. The Hall–Kier alpha value is 0.610. The maximum Gasteiger partial charge on any atom is 0.483 e.